The van der Waals surface area contributed by atoms with E-state index in [9.17, 15) is 4.79 Å². The van der Waals surface area contributed by atoms with E-state index in [-0.39, 0.29) is 10.8 Å². The number of hydrogen-bond donors (Lipinski definition) is 0. The van der Waals surface area contributed by atoms with Gasteiger partial charge in [0, 0.05) is 17.4 Å². The van der Waals surface area contributed by atoms with Crippen LogP contribution in [-0.2, 0) is 6.42 Å². The highest BCUT2D eigenvalue weighted by molar-refractivity contribution is 7.99. The van der Waals surface area contributed by atoms with Gasteiger partial charge in [-0.1, -0.05) is 60.3 Å². The molecule has 5 heteroatoms. The van der Waals surface area contributed by atoms with E-state index in [1.807, 2.05) is 48.5 Å². The predicted octanol–water partition coefficient (Wildman–Crippen LogP) is 4.73. The van der Waals surface area contributed by atoms with Crippen LogP contribution in [0.1, 0.15) is 23.4 Å². The summed E-state index contributed by atoms with van der Waals surface area (Å²) in [7, 11) is 0. The summed E-state index contributed by atoms with van der Waals surface area (Å²) < 4.78 is 1.77. The van der Waals surface area contributed by atoms with Crippen LogP contribution in [0.2, 0.25) is 0 Å². The van der Waals surface area contributed by atoms with Crippen molar-refractivity contribution in [1.29, 1.82) is 0 Å². The number of hydrogen-bond acceptors (Lipinski definition) is 4. The van der Waals surface area contributed by atoms with Gasteiger partial charge in [0.25, 0.3) is 5.56 Å². The fraction of sp³-hybridized carbons (Fsp3) is 0.200. The maximum absolute atomic E-state index is 13.1. The Hall–Kier alpha value is -1.98. The molecule has 0 amide bonds. The molecule has 1 atom stereocenters. The molecule has 1 aliphatic rings. The van der Waals surface area contributed by atoms with Crippen molar-refractivity contribution in [2.45, 2.75) is 28.6 Å². The Labute approximate surface area is 155 Å². The molecule has 0 fully saturated rings. The van der Waals surface area contributed by atoms with Crippen molar-refractivity contribution in [3.8, 4) is 5.69 Å². The van der Waals surface area contributed by atoms with Gasteiger partial charge in [-0.25, -0.2) is 4.98 Å². The summed E-state index contributed by atoms with van der Waals surface area (Å²) in [5.74, 6) is 0.939. The summed E-state index contributed by atoms with van der Waals surface area (Å²) >= 11 is 3.26. The number of benzene rings is 2. The monoisotopic (exact) mass is 366 g/mol. The summed E-state index contributed by atoms with van der Waals surface area (Å²) in [6, 6.07) is 20.1. The van der Waals surface area contributed by atoms with Crippen molar-refractivity contribution in [2.24, 2.45) is 0 Å². The molecular formula is C20H18N2OS2. The molecule has 4 rings (SSSR count). The van der Waals surface area contributed by atoms with Crippen LogP contribution < -0.4 is 5.56 Å². The van der Waals surface area contributed by atoms with E-state index >= 15 is 0 Å². The van der Waals surface area contributed by atoms with Crippen LogP contribution in [0.25, 0.3) is 5.69 Å². The van der Waals surface area contributed by atoms with Crippen LogP contribution in [0.3, 0.4) is 0 Å². The third-order valence-corrected chi connectivity index (χ3v) is 6.45. The molecular weight excluding hydrogens is 348 g/mol. The topological polar surface area (TPSA) is 34.9 Å². The maximum atomic E-state index is 13.1. The van der Waals surface area contributed by atoms with Gasteiger partial charge in [-0.15, -0.1) is 11.8 Å². The first kappa shape index (κ1) is 16.5. The van der Waals surface area contributed by atoms with Gasteiger partial charge < -0.3 is 0 Å². The zero-order valence-corrected chi connectivity index (χ0v) is 15.5. The Balaban J connectivity index is 1.81. The number of thioether (sulfide) groups is 2. The molecule has 0 spiro atoms. The van der Waals surface area contributed by atoms with E-state index in [2.05, 4.69) is 19.1 Å². The standard InChI is InChI=1S/C20H18N2OS2/c1-14(15-8-4-2-5-9-15)25-20-21-17-12-13-24-18(17)19(23)22(20)16-10-6-3-7-11-16/h2-11,14H,12-13H2,1H3/t14-/m1/s1. The molecule has 0 bridgehead atoms. The number of para-hydroxylation sites is 1. The number of aryl methyl sites for hydroxylation is 1. The van der Waals surface area contributed by atoms with E-state index < -0.39 is 0 Å². The number of rotatable bonds is 4. The zero-order valence-electron chi connectivity index (χ0n) is 13.9. The summed E-state index contributed by atoms with van der Waals surface area (Å²) in [6.45, 7) is 2.16. The summed E-state index contributed by atoms with van der Waals surface area (Å²) in [5, 5.41) is 0.990. The van der Waals surface area contributed by atoms with Crippen molar-refractivity contribution in [2.75, 3.05) is 5.75 Å². The smallest absolute Gasteiger partial charge is 0.268 e. The lowest BCUT2D eigenvalue weighted by molar-refractivity contribution is 0.737. The fourth-order valence-corrected chi connectivity index (χ4v) is 5.02. The van der Waals surface area contributed by atoms with Crippen molar-refractivity contribution in [3.05, 3.63) is 82.3 Å². The average molecular weight is 367 g/mol. The average Bonchev–Trinajstić information content (AvgIpc) is 3.12. The molecule has 3 nitrogen and oxygen atoms in total. The van der Waals surface area contributed by atoms with Crippen LogP contribution in [-0.4, -0.2) is 15.3 Å². The van der Waals surface area contributed by atoms with Crippen molar-refractivity contribution >= 4 is 23.5 Å². The molecule has 1 aliphatic heterocycles. The van der Waals surface area contributed by atoms with E-state index in [1.165, 1.54) is 5.56 Å². The Bertz CT molecular complexity index is 939. The first-order chi connectivity index (χ1) is 12.2. The Morgan fingerprint density at radius 1 is 1.08 bits per heavy atom. The predicted molar refractivity (Wildman–Crippen MR) is 105 cm³/mol. The van der Waals surface area contributed by atoms with Gasteiger partial charge >= 0.3 is 0 Å². The minimum Gasteiger partial charge on any atom is -0.268 e. The number of nitrogens with zero attached hydrogens (tertiary/aromatic N) is 2. The first-order valence-corrected chi connectivity index (χ1v) is 10.2. The lowest BCUT2D eigenvalue weighted by Crippen LogP contribution is -2.24. The minimum atomic E-state index is 0.0569. The number of aromatic nitrogens is 2. The van der Waals surface area contributed by atoms with E-state index in [4.69, 9.17) is 4.98 Å². The van der Waals surface area contributed by atoms with Gasteiger partial charge in [0.05, 0.1) is 16.3 Å². The van der Waals surface area contributed by atoms with E-state index in [0.29, 0.717) is 0 Å². The minimum absolute atomic E-state index is 0.0569. The lowest BCUT2D eigenvalue weighted by Gasteiger charge is -2.17. The van der Waals surface area contributed by atoms with Gasteiger partial charge in [0.15, 0.2) is 5.16 Å². The molecule has 25 heavy (non-hydrogen) atoms. The van der Waals surface area contributed by atoms with Gasteiger partial charge in [-0.3, -0.25) is 9.36 Å². The fourth-order valence-electron chi connectivity index (χ4n) is 2.93. The molecule has 3 aromatic rings. The third kappa shape index (κ3) is 3.26. The third-order valence-electron chi connectivity index (χ3n) is 4.23. The molecule has 0 saturated heterocycles. The van der Waals surface area contributed by atoms with Gasteiger partial charge in [0.1, 0.15) is 0 Å². The Morgan fingerprint density at radius 2 is 1.76 bits per heavy atom. The van der Waals surface area contributed by atoms with Crippen LogP contribution in [0.15, 0.2) is 75.5 Å². The molecule has 0 saturated carbocycles. The molecule has 2 heterocycles. The molecule has 2 aromatic carbocycles. The first-order valence-electron chi connectivity index (χ1n) is 8.30. The number of fused-ring (bicyclic) bond motifs is 1. The SMILES string of the molecule is C[C@@H](Sc1nc2c(c(=O)n1-c1ccccc1)SCC2)c1ccccc1. The highest BCUT2D eigenvalue weighted by atomic mass is 32.2. The normalized spacial score (nSPS) is 14.3. The van der Waals surface area contributed by atoms with Gasteiger partial charge in [-0.05, 0) is 24.6 Å². The zero-order chi connectivity index (χ0) is 17.2. The molecule has 0 aliphatic carbocycles. The van der Waals surface area contributed by atoms with Crippen LogP contribution >= 0.6 is 23.5 Å². The highest BCUT2D eigenvalue weighted by Gasteiger charge is 2.23. The summed E-state index contributed by atoms with van der Waals surface area (Å²) in [5.41, 5.74) is 3.11. The van der Waals surface area contributed by atoms with Gasteiger partial charge in [0.2, 0.25) is 0 Å². The molecule has 0 N–H and O–H groups in total. The summed E-state index contributed by atoms with van der Waals surface area (Å²) in [4.78, 5) is 18.8. The second-order valence-corrected chi connectivity index (χ2v) is 8.33. The maximum Gasteiger partial charge on any atom is 0.272 e. The van der Waals surface area contributed by atoms with Gasteiger partial charge in [-0.2, -0.15) is 0 Å². The lowest BCUT2D eigenvalue weighted by atomic mass is 10.2. The molecule has 0 radical (unpaired) electrons. The van der Waals surface area contributed by atoms with Crippen molar-refractivity contribution in [3.63, 3.8) is 0 Å². The van der Waals surface area contributed by atoms with Crippen LogP contribution in [0.5, 0.6) is 0 Å². The highest BCUT2D eigenvalue weighted by Crippen LogP contribution is 2.36. The summed E-state index contributed by atoms with van der Waals surface area (Å²) in [6.07, 6.45) is 0.873. The molecule has 0 unspecified atom stereocenters. The second-order valence-electron chi connectivity index (χ2n) is 5.92. The van der Waals surface area contributed by atoms with E-state index in [1.54, 1.807) is 28.1 Å². The van der Waals surface area contributed by atoms with Crippen molar-refractivity contribution < 1.29 is 0 Å². The Morgan fingerprint density at radius 3 is 2.48 bits per heavy atom. The molecule has 126 valence electrons. The molecule has 1 aromatic heterocycles. The Kier molecular flexibility index (Phi) is 4.68. The van der Waals surface area contributed by atoms with Crippen molar-refractivity contribution in [1.82, 2.24) is 9.55 Å². The van der Waals surface area contributed by atoms with Crippen LogP contribution in [0, 0.1) is 0 Å². The van der Waals surface area contributed by atoms with Crippen LogP contribution in [0.4, 0.5) is 0 Å². The quantitative estimate of drug-likeness (QED) is 0.494. The van der Waals surface area contributed by atoms with E-state index in [0.717, 1.165) is 33.6 Å². The largest absolute Gasteiger partial charge is 0.272 e. The second kappa shape index (κ2) is 7.10.